The van der Waals surface area contributed by atoms with Crippen molar-refractivity contribution in [1.82, 2.24) is 10.9 Å². The molecule has 0 aromatic heterocycles. The van der Waals surface area contributed by atoms with Crippen molar-refractivity contribution in [2.75, 3.05) is 6.61 Å². The van der Waals surface area contributed by atoms with Gasteiger partial charge in [0.25, 0.3) is 5.91 Å². The van der Waals surface area contributed by atoms with Crippen molar-refractivity contribution in [3.63, 3.8) is 0 Å². The fraction of sp³-hybridized carbons (Fsp3) is 0.471. The molecular weight excluding hydrogens is 283 g/mol. The average molecular weight is 306 g/mol. The van der Waals surface area contributed by atoms with E-state index in [9.17, 15) is 9.18 Å². The minimum Gasteiger partial charge on any atom is -0.484 e. The van der Waals surface area contributed by atoms with Crippen LogP contribution in [0.5, 0.6) is 5.75 Å². The smallest absolute Gasteiger partial charge is 0.276 e. The Morgan fingerprint density at radius 1 is 1.45 bits per heavy atom. The number of benzene rings is 1. The molecule has 22 heavy (non-hydrogen) atoms. The summed E-state index contributed by atoms with van der Waals surface area (Å²) in [6.07, 6.45) is 4.20. The van der Waals surface area contributed by atoms with Crippen molar-refractivity contribution >= 4 is 5.91 Å². The molecule has 2 N–H and O–H groups in total. The van der Waals surface area contributed by atoms with Gasteiger partial charge in [0.1, 0.15) is 11.6 Å². The van der Waals surface area contributed by atoms with Crippen LogP contribution in [0.25, 0.3) is 0 Å². The molecule has 1 aromatic carbocycles. The number of halogens is 1. The lowest BCUT2D eigenvalue weighted by Crippen LogP contribution is -2.41. The Morgan fingerprint density at radius 3 is 2.91 bits per heavy atom. The van der Waals surface area contributed by atoms with Gasteiger partial charge < -0.3 is 10.2 Å². The van der Waals surface area contributed by atoms with Crippen molar-refractivity contribution < 1.29 is 13.9 Å². The number of rotatable bonds is 5. The fourth-order valence-corrected chi connectivity index (χ4v) is 2.91. The van der Waals surface area contributed by atoms with Crippen LogP contribution in [0.1, 0.15) is 33.6 Å². The SMILES string of the molecule is C[C@@H]1CC(NNC(=O)COc2cccc(F)c2)=CC(C)(C)C1. The molecule has 0 spiro atoms. The maximum atomic E-state index is 13.0. The second-order valence-corrected chi connectivity index (χ2v) is 6.59. The van der Waals surface area contributed by atoms with Gasteiger partial charge in [-0.3, -0.25) is 10.2 Å². The van der Waals surface area contributed by atoms with Crippen LogP contribution in [0.3, 0.4) is 0 Å². The summed E-state index contributed by atoms with van der Waals surface area (Å²) in [4.78, 5) is 11.8. The normalized spacial score (nSPS) is 20.0. The van der Waals surface area contributed by atoms with Crippen LogP contribution in [0.15, 0.2) is 36.0 Å². The van der Waals surface area contributed by atoms with Gasteiger partial charge in [0.2, 0.25) is 0 Å². The summed E-state index contributed by atoms with van der Waals surface area (Å²) in [5, 5.41) is 0. The highest BCUT2D eigenvalue weighted by Crippen LogP contribution is 2.35. The summed E-state index contributed by atoms with van der Waals surface area (Å²) in [6, 6.07) is 5.72. The molecule has 0 unspecified atom stereocenters. The number of carbonyl (C=O) groups excluding carboxylic acids is 1. The van der Waals surface area contributed by atoms with Crippen LogP contribution >= 0.6 is 0 Å². The second-order valence-electron chi connectivity index (χ2n) is 6.59. The Labute approximate surface area is 130 Å². The Balaban J connectivity index is 1.79. The van der Waals surface area contributed by atoms with Gasteiger partial charge >= 0.3 is 0 Å². The van der Waals surface area contributed by atoms with E-state index >= 15 is 0 Å². The van der Waals surface area contributed by atoms with Gasteiger partial charge in [-0.25, -0.2) is 4.39 Å². The van der Waals surface area contributed by atoms with Gasteiger partial charge in [0, 0.05) is 11.8 Å². The van der Waals surface area contributed by atoms with Crippen LogP contribution in [0.2, 0.25) is 0 Å². The largest absolute Gasteiger partial charge is 0.484 e. The molecule has 1 amide bonds. The van der Waals surface area contributed by atoms with E-state index in [1.807, 2.05) is 0 Å². The Hall–Kier alpha value is -2.04. The molecule has 1 aromatic rings. The van der Waals surface area contributed by atoms with Gasteiger partial charge in [-0.05, 0) is 36.3 Å². The first-order valence-electron chi connectivity index (χ1n) is 7.49. The van der Waals surface area contributed by atoms with Crippen molar-refractivity contribution in [2.45, 2.75) is 33.6 Å². The second kappa shape index (κ2) is 6.81. The van der Waals surface area contributed by atoms with E-state index in [4.69, 9.17) is 4.74 Å². The number of hydrogen-bond acceptors (Lipinski definition) is 3. The van der Waals surface area contributed by atoms with Crippen LogP contribution in [0, 0.1) is 17.2 Å². The maximum Gasteiger partial charge on any atom is 0.276 e. The molecule has 2 rings (SSSR count). The Kier molecular flexibility index (Phi) is 5.06. The lowest BCUT2D eigenvalue weighted by molar-refractivity contribution is -0.123. The lowest BCUT2D eigenvalue weighted by atomic mass is 9.76. The fourth-order valence-electron chi connectivity index (χ4n) is 2.91. The molecule has 1 aliphatic rings. The third-order valence-corrected chi connectivity index (χ3v) is 3.54. The van der Waals surface area contributed by atoms with Crippen LogP contribution < -0.4 is 15.6 Å². The molecular formula is C17H23FN2O2. The Morgan fingerprint density at radius 2 is 2.23 bits per heavy atom. The maximum absolute atomic E-state index is 13.0. The van der Waals surface area contributed by atoms with Crippen molar-refractivity contribution in [1.29, 1.82) is 0 Å². The summed E-state index contributed by atoms with van der Waals surface area (Å²) < 4.78 is 18.2. The molecule has 1 atom stereocenters. The van der Waals surface area contributed by atoms with Crippen LogP contribution in [-0.2, 0) is 4.79 Å². The van der Waals surface area contributed by atoms with E-state index in [-0.39, 0.29) is 23.7 Å². The summed E-state index contributed by atoms with van der Waals surface area (Å²) in [6.45, 7) is 6.40. The first-order valence-corrected chi connectivity index (χ1v) is 7.49. The number of allylic oxidation sites excluding steroid dienone is 2. The summed E-state index contributed by atoms with van der Waals surface area (Å²) in [5.74, 6) is 0.213. The molecule has 5 heteroatoms. The molecule has 0 bridgehead atoms. The molecule has 1 aliphatic carbocycles. The Bertz CT molecular complexity index is 570. The predicted octanol–water partition coefficient (Wildman–Crippen LogP) is 3.17. The van der Waals surface area contributed by atoms with E-state index in [0.29, 0.717) is 11.7 Å². The van der Waals surface area contributed by atoms with Gasteiger partial charge in [-0.2, -0.15) is 0 Å². The monoisotopic (exact) mass is 306 g/mol. The third kappa shape index (κ3) is 5.06. The number of amides is 1. The molecule has 0 saturated heterocycles. The van der Waals surface area contributed by atoms with E-state index in [2.05, 4.69) is 37.7 Å². The minimum atomic E-state index is -0.389. The van der Waals surface area contributed by atoms with E-state index in [0.717, 1.165) is 18.5 Å². The topological polar surface area (TPSA) is 50.4 Å². The highest BCUT2D eigenvalue weighted by molar-refractivity contribution is 5.77. The molecule has 0 radical (unpaired) electrons. The molecule has 120 valence electrons. The number of ether oxygens (including phenoxy) is 1. The average Bonchev–Trinajstić information content (AvgIpc) is 2.41. The van der Waals surface area contributed by atoms with E-state index < -0.39 is 0 Å². The zero-order valence-corrected chi connectivity index (χ0v) is 13.3. The summed E-state index contributed by atoms with van der Waals surface area (Å²) in [7, 11) is 0. The number of hydrogen-bond donors (Lipinski definition) is 2. The summed E-state index contributed by atoms with van der Waals surface area (Å²) >= 11 is 0. The first kappa shape index (κ1) is 16.3. The van der Waals surface area contributed by atoms with Gasteiger partial charge in [0.05, 0.1) is 0 Å². The van der Waals surface area contributed by atoms with Crippen LogP contribution in [0.4, 0.5) is 4.39 Å². The highest BCUT2D eigenvalue weighted by Gasteiger charge is 2.25. The number of nitrogens with one attached hydrogen (secondary N) is 2. The zero-order valence-electron chi connectivity index (χ0n) is 13.3. The highest BCUT2D eigenvalue weighted by atomic mass is 19.1. The third-order valence-electron chi connectivity index (χ3n) is 3.54. The molecule has 4 nitrogen and oxygen atoms in total. The van der Waals surface area contributed by atoms with Crippen LogP contribution in [-0.4, -0.2) is 12.5 Å². The standard InChI is InChI=1S/C17H23FN2O2/c1-12-7-14(10-17(2,3)9-12)19-20-16(21)11-22-15-6-4-5-13(18)8-15/h4-6,8,10,12,19H,7,9,11H2,1-3H3,(H,20,21)/t12-/m1/s1. The number of carbonyl (C=O) groups is 1. The van der Waals surface area contributed by atoms with Crippen molar-refractivity contribution in [2.24, 2.45) is 11.3 Å². The first-order chi connectivity index (χ1) is 10.3. The zero-order chi connectivity index (χ0) is 16.2. The molecule has 0 heterocycles. The van der Waals surface area contributed by atoms with Crippen molar-refractivity contribution in [3.05, 3.63) is 41.9 Å². The van der Waals surface area contributed by atoms with Gasteiger partial charge in [0.15, 0.2) is 6.61 Å². The van der Waals surface area contributed by atoms with E-state index in [1.54, 1.807) is 6.07 Å². The summed E-state index contributed by atoms with van der Waals surface area (Å²) in [5.41, 5.74) is 6.73. The lowest BCUT2D eigenvalue weighted by Gasteiger charge is -2.32. The quantitative estimate of drug-likeness (QED) is 0.822. The predicted molar refractivity (Wildman–Crippen MR) is 83.4 cm³/mol. The van der Waals surface area contributed by atoms with Crippen molar-refractivity contribution in [3.8, 4) is 5.75 Å². The number of hydrazine groups is 1. The van der Waals surface area contributed by atoms with Gasteiger partial charge in [-0.15, -0.1) is 0 Å². The molecule has 0 fully saturated rings. The molecule has 0 saturated carbocycles. The molecule has 0 aliphatic heterocycles. The van der Waals surface area contributed by atoms with Gasteiger partial charge in [-0.1, -0.05) is 32.9 Å². The minimum absolute atomic E-state index is 0.128. The van der Waals surface area contributed by atoms with E-state index in [1.165, 1.54) is 18.2 Å².